The van der Waals surface area contributed by atoms with Gasteiger partial charge in [-0.1, -0.05) is 29.5 Å². The molecule has 7 heteroatoms. The summed E-state index contributed by atoms with van der Waals surface area (Å²) in [7, 11) is 0. The smallest absolute Gasteiger partial charge is 0.239 e. The van der Waals surface area contributed by atoms with Gasteiger partial charge in [-0.3, -0.25) is 10.1 Å². The predicted octanol–water partition coefficient (Wildman–Crippen LogP) is 4.46. The lowest BCUT2D eigenvalue weighted by Crippen LogP contribution is -2.22. The molecule has 3 rings (SSSR count). The van der Waals surface area contributed by atoms with E-state index >= 15 is 0 Å². The number of halogens is 1. The number of nitrogens with one attached hydrogen (secondary N) is 1. The number of aromatic nitrogens is 2. The minimum Gasteiger partial charge on any atom is -0.300 e. The van der Waals surface area contributed by atoms with Crippen molar-refractivity contribution in [3.63, 3.8) is 0 Å². The van der Waals surface area contributed by atoms with Crippen molar-refractivity contribution in [3.8, 4) is 10.6 Å². The SMILES string of the molecule is C[C@H](Sc1ccccc1)C(=O)Nc1nnc(-c2ccc(F)cc2)s1. The summed E-state index contributed by atoms with van der Waals surface area (Å²) in [4.78, 5) is 13.3. The number of benzene rings is 2. The maximum Gasteiger partial charge on any atom is 0.239 e. The van der Waals surface area contributed by atoms with E-state index in [2.05, 4.69) is 15.5 Å². The maximum absolute atomic E-state index is 13.0. The number of carbonyl (C=O) groups excluding carboxylic acids is 1. The fourth-order valence-electron chi connectivity index (χ4n) is 1.95. The van der Waals surface area contributed by atoms with Gasteiger partial charge in [0.05, 0.1) is 5.25 Å². The molecule has 4 nitrogen and oxygen atoms in total. The van der Waals surface area contributed by atoms with E-state index in [9.17, 15) is 9.18 Å². The largest absolute Gasteiger partial charge is 0.300 e. The van der Waals surface area contributed by atoms with Crippen LogP contribution in [0.4, 0.5) is 9.52 Å². The molecule has 0 bridgehead atoms. The van der Waals surface area contributed by atoms with Gasteiger partial charge in [-0.2, -0.15) is 0 Å². The van der Waals surface area contributed by atoms with E-state index < -0.39 is 0 Å². The zero-order valence-electron chi connectivity index (χ0n) is 12.8. The third-order valence-electron chi connectivity index (χ3n) is 3.17. The summed E-state index contributed by atoms with van der Waals surface area (Å²) in [6.45, 7) is 1.84. The highest BCUT2D eigenvalue weighted by atomic mass is 32.2. The topological polar surface area (TPSA) is 54.9 Å². The zero-order valence-corrected chi connectivity index (χ0v) is 14.4. The van der Waals surface area contributed by atoms with Gasteiger partial charge in [-0.05, 0) is 43.3 Å². The van der Waals surface area contributed by atoms with Crippen LogP contribution in [-0.2, 0) is 4.79 Å². The second kappa shape index (κ2) is 7.55. The Bertz CT molecular complexity index is 821. The third-order valence-corrected chi connectivity index (χ3v) is 5.17. The summed E-state index contributed by atoms with van der Waals surface area (Å²) in [6.07, 6.45) is 0. The molecule has 0 saturated heterocycles. The summed E-state index contributed by atoms with van der Waals surface area (Å²) in [5.74, 6) is -0.436. The standard InChI is InChI=1S/C17H14FN3OS2/c1-11(23-14-5-3-2-4-6-14)15(22)19-17-21-20-16(24-17)12-7-9-13(18)10-8-12/h2-11H,1H3,(H,19,21,22)/t11-/m0/s1. The molecule has 24 heavy (non-hydrogen) atoms. The second-order valence-electron chi connectivity index (χ2n) is 4.98. The van der Waals surface area contributed by atoms with Gasteiger partial charge in [0.2, 0.25) is 11.0 Å². The Balaban J connectivity index is 1.63. The Labute approximate surface area is 147 Å². The average molecular weight is 359 g/mol. The van der Waals surface area contributed by atoms with Crippen LogP contribution in [-0.4, -0.2) is 21.4 Å². The number of hydrogen-bond donors (Lipinski definition) is 1. The molecule has 0 saturated carbocycles. The molecule has 1 amide bonds. The first-order valence-electron chi connectivity index (χ1n) is 7.24. The van der Waals surface area contributed by atoms with Gasteiger partial charge in [0.25, 0.3) is 0 Å². The number of anilines is 1. The normalized spacial score (nSPS) is 11.9. The van der Waals surface area contributed by atoms with E-state index in [0.717, 1.165) is 10.5 Å². The summed E-state index contributed by atoms with van der Waals surface area (Å²) in [5.41, 5.74) is 0.765. The molecule has 1 N–H and O–H groups in total. The van der Waals surface area contributed by atoms with Crippen molar-refractivity contribution in [2.24, 2.45) is 0 Å². The molecule has 0 spiro atoms. The Morgan fingerprint density at radius 2 is 1.83 bits per heavy atom. The van der Waals surface area contributed by atoms with Crippen molar-refractivity contribution in [1.29, 1.82) is 0 Å². The molecule has 0 aliphatic rings. The number of rotatable bonds is 5. The number of thioether (sulfide) groups is 1. The lowest BCUT2D eigenvalue weighted by atomic mass is 10.2. The van der Waals surface area contributed by atoms with E-state index in [-0.39, 0.29) is 17.0 Å². The molecule has 1 heterocycles. The van der Waals surface area contributed by atoms with Gasteiger partial charge in [0.1, 0.15) is 10.8 Å². The van der Waals surface area contributed by atoms with E-state index in [1.54, 1.807) is 12.1 Å². The summed E-state index contributed by atoms with van der Waals surface area (Å²) in [6, 6.07) is 15.7. The number of nitrogens with zero attached hydrogens (tertiary/aromatic N) is 2. The Morgan fingerprint density at radius 1 is 1.12 bits per heavy atom. The van der Waals surface area contributed by atoms with E-state index in [1.165, 1.54) is 35.2 Å². The molecule has 0 fully saturated rings. The number of carbonyl (C=O) groups is 1. The monoisotopic (exact) mass is 359 g/mol. The van der Waals surface area contributed by atoms with Crippen molar-refractivity contribution in [3.05, 3.63) is 60.4 Å². The van der Waals surface area contributed by atoms with Crippen LogP contribution in [0.5, 0.6) is 0 Å². The van der Waals surface area contributed by atoms with Gasteiger partial charge in [-0.25, -0.2) is 4.39 Å². The fourth-order valence-corrected chi connectivity index (χ4v) is 3.59. The number of amides is 1. The van der Waals surface area contributed by atoms with Gasteiger partial charge >= 0.3 is 0 Å². The molecule has 1 aromatic heterocycles. The van der Waals surface area contributed by atoms with E-state index in [4.69, 9.17) is 0 Å². The lowest BCUT2D eigenvalue weighted by molar-refractivity contribution is -0.115. The van der Waals surface area contributed by atoms with Gasteiger partial charge < -0.3 is 0 Å². The maximum atomic E-state index is 13.0. The summed E-state index contributed by atoms with van der Waals surface area (Å²) in [5, 5.41) is 11.6. The Hall–Kier alpha value is -2.25. The quantitative estimate of drug-likeness (QED) is 0.683. The lowest BCUT2D eigenvalue weighted by Gasteiger charge is -2.09. The zero-order chi connectivity index (χ0) is 16.9. The van der Waals surface area contributed by atoms with E-state index in [1.807, 2.05) is 37.3 Å². The molecule has 0 radical (unpaired) electrons. The predicted molar refractivity (Wildman–Crippen MR) is 95.7 cm³/mol. The van der Waals surface area contributed by atoms with Crippen molar-refractivity contribution in [1.82, 2.24) is 10.2 Å². The molecule has 0 unspecified atom stereocenters. The first-order chi connectivity index (χ1) is 11.6. The van der Waals surface area contributed by atoms with Crippen LogP contribution < -0.4 is 5.32 Å². The first kappa shape index (κ1) is 16.6. The third kappa shape index (κ3) is 4.18. The van der Waals surface area contributed by atoms with Gasteiger partial charge in [0, 0.05) is 10.5 Å². The van der Waals surface area contributed by atoms with Crippen LogP contribution >= 0.6 is 23.1 Å². The van der Waals surface area contributed by atoms with Gasteiger partial charge in [0.15, 0.2) is 0 Å². The first-order valence-corrected chi connectivity index (χ1v) is 8.93. The van der Waals surface area contributed by atoms with Crippen LogP contribution in [0.25, 0.3) is 10.6 Å². The molecule has 0 aliphatic heterocycles. The molecular weight excluding hydrogens is 345 g/mol. The highest BCUT2D eigenvalue weighted by Gasteiger charge is 2.17. The molecule has 1 atom stereocenters. The highest BCUT2D eigenvalue weighted by molar-refractivity contribution is 8.00. The average Bonchev–Trinajstić information content (AvgIpc) is 3.05. The minimum absolute atomic E-state index is 0.134. The van der Waals surface area contributed by atoms with Crippen LogP contribution in [0.2, 0.25) is 0 Å². The Morgan fingerprint density at radius 3 is 2.54 bits per heavy atom. The van der Waals surface area contributed by atoms with Crippen LogP contribution in [0, 0.1) is 5.82 Å². The van der Waals surface area contributed by atoms with Crippen LogP contribution in [0.1, 0.15) is 6.92 Å². The van der Waals surface area contributed by atoms with Crippen molar-refractivity contribution in [2.45, 2.75) is 17.1 Å². The van der Waals surface area contributed by atoms with Crippen LogP contribution in [0.15, 0.2) is 59.5 Å². The van der Waals surface area contributed by atoms with Crippen molar-refractivity contribution in [2.75, 3.05) is 5.32 Å². The molecule has 122 valence electrons. The second-order valence-corrected chi connectivity index (χ2v) is 7.37. The van der Waals surface area contributed by atoms with Crippen molar-refractivity contribution < 1.29 is 9.18 Å². The highest BCUT2D eigenvalue weighted by Crippen LogP contribution is 2.28. The van der Waals surface area contributed by atoms with E-state index in [0.29, 0.717) is 10.1 Å². The van der Waals surface area contributed by atoms with Crippen molar-refractivity contribution >= 4 is 34.1 Å². The summed E-state index contributed by atoms with van der Waals surface area (Å²) < 4.78 is 13.0. The number of hydrogen-bond acceptors (Lipinski definition) is 5. The molecule has 3 aromatic rings. The van der Waals surface area contributed by atoms with Crippen LogP contribution in [0.3, 0.4) is 0 Å². The van der Waals surface area contributed by atoms with Gasteiger partial charge in [-0.15, -0.1) is 22.0 Å². The summed E-state index contributed by atoms with van der Waals surface area (Å²) >= 11 is 2.74. The molecule has 0 aliphatic carbocycles. The molecule has 2 aromatic carbocycles. The Kier molecular flexibility index (Phi) is 5.22. The minimum atomic E-state index is -0.302. The fraction of sp³-hybridized carbons (Fsp3) is 0.118. The molecular formula is C17H14FN3OS2.